The molecule has 2 atom stereocenters. The monoisotopic (exact) mass is 472 g/mol. The Kier molecular flexibility index (Phi) is 7.82. The van der Waals surface area contributed by atoms with E-state index >= 15 is 0 Å². The fourth-order valence-corrected chi connectivity index (χ4v) is 3.49. The number of aromatic amines is 1. The maximum Gasteiger partial charge on any atom is 0.251 e. The molecule has 8 N–H and O–H groups in total. The van der Waals surface area contributed by atoms with Crippen LogP contribution in [0.3, 0.4) is 0 Å². The SMILES string of the molecule is CC(NC(=O)c1ccc(F)c(F)c1)/C(N)=C/N(N)[C@@H](CC(=O)NO)Cc1c[nH]c2ccccc12. The fraction of sp³-hybridized carbons (Fsp3) is 0.217. The number of hydrogen-bond acceptors (Lipinski definition) is 6. The van der Waals surface area contributed by atoms with Gasteiger partial charge in [0.2, 0.25) is 5.91 Å². The number of aromatic nitrogens is 1. The summed E-state index contributed by atoms with van der Waals surface area (Å²) >= 11 is 0. The second-order valence-electron chi connectivity index (χ2n) is 7.86. The minimum atomic E-state index is -1.14. The van der Waals surface area contributed by atoms with Crippen LogP contribution >= 0.6 is 0 Å². The molecule has 0 spiro atoms. The Morgan fingerprint density at radius 2 is 1.94 bits per heavy atom. The highest BCUT2D eigenvalue weighted by Crippen LogP contribution is 2.21. The van der Waals surface area contributed by atoms with E-state index in [0.29, 0.717) is 6.42 Å². The van der Waals surface area contributed by atoms with E-state index in [1.54, 1.807) is 12.4 Å². The lowest BCUT2D eigenvalue weighted by Crippen LogP contribution is -2.44. The Morgan fingerprint density at radius 1 is 1.21 bits per heavy atom. The van der Waals surface area contributed by atoms with Gasteiger partial charge in [0, 0.05) is 34.6 Å². The number of halogens is 2. The van der Waals surface area contributed by atoms with E-state index in [1.165, 1.54) is 11.2 Å². The number of carbonyl (C=O) groups is 2. The van der Waals surface area contributed by atoms with Crippen molar-refractivity contribution in [3.05, 3.63) is 83.3 Å². The Bertz CT molecular complexity index is 1210. The lowest BCUT2D eigenvalue weighted by atomic mass is 10.0. The van der Waals surface area contributed by atoms with Crippen molar-refractivity contribution in [3.63, 3.8) is 0 Å². The summed E-state index contributed by atoms with van der Waals surface area (Å²) in [4.78, 5) is 27.4. The van der Waals surface area contributed by atoms with Crippen molar-refractivity contribution < 1.29 is 23.6 Å². The highest BCUT2D eigenvalue weighted by atomic mass is 19.2. The third-order valence-corrected chi connectivity index (χ3v) is 5.43. The minimum Gasteiger partial charge on any atom is -0.399 e. The predicted molar refractivity (Wildman–Crippen MR) is 122 cm³/mol. The molecule has 34 heavy (non-hydrogen) atoms. The molecule has 0 saturated carbocycles. The molecule has 1 unspecified atom stereocenters. The first-order chi connectivity index (χ1) is 16.2. The fourth-order valence-electron chi connectivity index (χ4n) is 3.49. The molecule has 9 nitrogen and oxygen atoms in total. The number of fused-ring (bicyclic) bond motifs is 1. The number of para-hydroxylation sites is 1. The first-order valence-corrected chi connectivity index (χ1v) is 10.4. The van der Waals surface area contributed by atoms with Crippen molar-refractivity contribution in [1.82, 2.24) is 20.8 Å². The normalized spacial score (nSPS) is 13.4. The Balaban J connectivity index is 1.74. The molecule has 0 fully saturated rings. The molecule has 11 heteroatoms. The van der Waals surface area contributed by atoms with Gasteiger partial charge in [-0.3, -0.25) is 14.8 Å². The molecular formula is C23H26F2N6O3. The number of amides is 2. The van der Waals surface area contributed by atoms with Gasteiger partial charge < -0.3 is 21.0 Å². The highest BCUT2D eigenvalue weighted by molar-refractivity contribution is 5.94. The van der Waals surface area contributed by atoms with Crippen LogP contribution in [0.4, 0.5) is 8.78 Å². The number of hydroxylamine groups is 1. The van der Waals surface area contributed by atoms with Gasteiger partial charge in [0.05, 0.1) is 18.5 Å². The van der Waals surface area contributed by atoms with Crippen molar-refractivity contribution in [3.8, 4) is 0 Å². The van der Waals surface area contributed by atoms with Crippen LogP contribution < -0.4 is 22.4 Å². The maximum absolute atomic E-state index is 13.4. The van der Waals surface area contributed by atoms with Crippen LogP contribution in [0.5, 0.6) is 0 Å². The van der Waals surface area contributed by atoms with Gasteiger partial charge in [-0.25, -0.2) is 20.1 Å². The third kappa shape index (κ3) is 5.88. The zero-order chi connectivity index (χ0) is 24.8. The Morgan fingerprint density at radius 3 is 2.65 bits per heavy atom. The average molecular weight is 472 g/mol. The number of nitrogens with zero attached hydrogens (tertiary/aromatic N) is 1. The summed E-state index contributed by atoms with van der Waals surface area (Å²) < 4.78 is 26.5. The zero-order valence-corrected chi connectivity index (χ0v) is 18.4. The van der Waals surface area contributed by atoms with Crippen LogP contribution in [0, 0.1) is 11.6 Å². The van der Waals surface area contributed by atoms with Crippen molar-refractivity contribution in [1.29, 1.82) is 0 Å². The highest BCUT2D eigenvalue weighted by Gasteiger charge is 2.21. The van der Waals surface area contributed by atoms with E-state index in [1.807, 2.05) is 30.5 Å². The van der Waals surface area contributed by atoms with E-state index in [9.17, 15) is 18.4 Å². The van der Waals surface area contributed by atoms with E-state index in [4.69, 9.17) is 16.8 Å². The number of hydrogen-bond donors (Lipinski definition) is 6. The summed E-state index contributed by atoms with van der Waals surface area (Å²) in [6, 6.07) is 9.15. The maximum atomic E-state index is 13.4. The van der Waals surface area contributed by atoms with Gasteiger partial charge >= 0.3 is 0 Å². The quantitative estimate of drug-likeness (QED) is 0.159. The lowest BCUT2D eigenvalue weighted by Gasteiger charge is -2.27. The molecular weight excluding hydrogens is 446 g/mol. The molecule has 0 aliphatic carbocycles. The summed E-state index contributed by atoms with van der Waals surface area (Å²) in [5.41, 5.74) is 9.62. The molecule has 2 amide bonds. The molecule has 2 aromatic carbocycles. The molecule has 3 aromatic rings. The van der Waals surface area contributed by atoms with Crippen LogP contribution in [0.1, 0.15) is 29.3 Å². The zero-order valence-electron chi connectivity index (χ0n) is 18.4. The van der Waals surface area contributed by atoms with Gasteiger partial charge in [0.25, 0.3) is 5.91 Å². The van der Waals surface area contributed by atoms with Crippen LogP contribution in [-0.4, -0.2) is 39.1 Å². The standard InChI is InChI=1S/C23H26F2N6O3/c1-13(29-23(33)14-6-7-18(24)19(25)9-14)20(26)12-31(27)16(10-22(32)30-34)8-15-11-28-21-5-3-2-4-17(15)21/h2-7,9,11-13,16,28,34H,8,10,26-27H2,1H3,(H,29,33)(H,30,32)/b20-12-/t13?,16-/m1/s1. The van der Waals surface area contributed by atoms with Crippen molar-refractivity contribution in [2.24, 2.45) is 11.6 Å². The number of nitrogens with one attached hydrogen (secondary N) is 3. The minimum absolute atomic E-state index is 0.0695. The number of rotatable bonds is 9. The van der Waals surface area contributed by atoms with E-state index in [-0.39, 0.29) is 17.7 Å². The molecule has 1 heterocycles. The van der Waals surface area contributed by atoms with E-state index in [0.717, 1.165) is 34.7 Å². The van der Waals surface area contributed by atoms with Gasteiger partial charge in [0.1, 0.15) is 0 Å². The number of benzene rings is 2. The molecule has 0 radical (unpaired) electrons. The summed E-state index contributed by atoms with van der Waals surface area (Å²) in [7, 11) is 0. The lowest BCUT2D eigenvalue weighted by molar-refractivity contribution is -0.130. The van der Waals surface area contributed by atoms with E-state index in [2.05, 4.69) is 10.3 Å². The number of carbonyl (C=O) groups excluding carboxylic acids is 2. The van der Waals surface area contributed by atoms with E-state index < -0.39 is 35.5 Å². The first kappa shape index (κ1) is 24.7. The van der Waals surface area contributed by atoms with Crippen LogP contribution in [0.25, 0.3) is 10.9 Å². The summed E-state index contributed by atoms with van der Waals surface area (Å²) in [6.45, 7) is 1.59. The Hall–Kier alpha value is -3.96. The van der Waals surface area contributed by atoms with Crippen LogP contribution in [0.2, 0.25) is 0 Å². The number of hydrazine groups is 1. The molecule has 0 saturated heterocycles. The predicted octanol–water partition coefficient (Wildman–Crippen LogP) is 2.05. The second kappa shape index (κ2) is 10.8. The van der Waals surface area contributed by atoms with Gasteiger partial charge in [-0.2, -0.15) is 0 Å². The molecule has 0 aliphatic rings. The smallest absolute Gasteiger partial charge is 0.251 e. The van der Waals surface area contributed by atoms with Gasteiger partial charge in [-0.05, 0) is 43.2 Å². The molecule has 0 aliphatic heterocycles. The topological polar surface area (TPSA) is 150 Å². The van der Waals surface area contributed by atoms with Gasteiger partial charge in [0.15, 0.2) is 11.6 Å². The van der Waals surface area contributed by atoms with Crippen LogP contribution in [-0.2, 0) is 11.2 Å². The second-order valence-corrected chi connectivity index (χ2v) is 7.86. The van der Waals surface area contributed by atoms with Crippen molar-refractivity contribution >= 4 is 22.7 Å². The average Bonchev–Trinajstić information content (AvgIpc) is 3.22. The molecule has 1 aromatic heterocycles. The molecule has 180 valence electrons. The van der Waals surface area contributed by atoms with Crippen LogP contribution in [0.15, 0.2) is 60.6 Å². The third-order valence-electron chi connectivity index (χ3n) is 5.43. The summed E-state index contributed by atoms with van der Waals surface area (Å²) in [6.07, 6.45) is 3.42. The molecule has 0 bridgehead atoms. The largest absolute Gasteiger partial charge is 0.399 e. The summed E-state index contributed by atoms with van der Waals surface area (Å²) in [5.74, 6) is 2.72. The van der Waals surface area contributed by atoms with Gasteiger partial charge in [-0.1, -0.05) is 18.2 Å². The first-order valence-electron chi connectivity index (χ1n) is 10.4. The van der Waals surface area contributed by atoms with Crippen molar-refractivity contribution in [2.75, 3.05) is 0 Å². The summed E-state index contributed by atoms with van der Waals surface area (Å²) in [5, 5.41) is 13.8. The van der Waals surface area contributed by atoms with Crippen molar-refractivity contribution in [2.45, 2.75) is 31.8 Å². The molecule has 3 rings (SSSR count). The number of H-pyrrole nitrogens is 1. The Labute approximate surface area is 194 Å². The van der Waals surface area contributed by atoms with Gasteiger partial charge in [-0.15, -0.1) is 0 Å². The number of nitrogens with two attached hydrogens (primary N) is 2.